The van der Waals surface area contributed by atoms with Crippen molar-refractivity contribution >= 4 is 0 Å². The monoisotopic (exact) mass is 88.0 g/mol. The van der Waals surface area contributed by atoms with Crippen molar-refractivity contribution in [2.24, 2.45) is 0 Å². The summed E-state index contributed by atoms with van der Waals surface area (Å²) >= 11 is 0. The van der Waals surface area contributed by atoms with Crippen LogP contribution in [0.1, 0.15) is 0 Å². The number of aromatic nitrogens is 2. The molecule has 0 radical (unpaired) electrons. The van der Waals surface area contributed by atoms with E-state index in [0.717, 1.165) is 0 Å². The maximum atomic E-state index is 9.64. The minimum atomic E-state index is -0.810. The van der Waals surface area contributed by atoms with Crippen LogP contribution in [-0.2, 0) is 0 Å². The minimum Gasteiger partial charge on any atom is -0.216 e. The van der Waals surface area contributed by atoms with E-state index >= 15 is 0 Å². The van der Waals surface area contributed by atoms with Gasteiger partial charge in [-0.3, -0.25) is 0 Å². The fourth-order valence-corrected chi connectivity index (χ4v) is 0.115. The Morgan fingerprint density at radius 2 is 2.50 bits per heavy atom. The summed E-state index contributed by atoms with van der Waals surface area (Å²) in [6, 6.07) is 0. The van der Waals surface area contributed by atoms with Gasteiger partial charge in [0.15, 0.2) is 0 Å². The zero-order valence-corrected chi connectivity index (χ0v) is 2.62. The summed E-state index contributed by atoms with van der Waals surface area (Å²) in [5, 5.41) is 5.50. The van der Waals surface area contributed by atoms with Crippen molar-refractivity contribution in [3.63, 3.8) is 0 Å². The first-order chi connectivity index (χ1) is 2.89. The van der Waals surface area contributed by atoms with Gasteiger partial charge in [0.2, 0.25) is 0 Å². The zero-order valence-electron chi connectivity index (χ0n) is 2.62. The summed E-state index contributed by atoms with van der Waals surface area (Å²) in [7, 11) is 0. The topological polar surface area (TPSA) is 69.1 Å². The molecule has 0 aliphatic rings. The van der Waals surface area contributed by atoms with Crippen LogP contribution >= 0.6 is 0 Å². The van der Waals surface area contributed by atoms with Crippen LogP contribution in [-0.4, -0.2) is 10.4 Å². The minimum absolute atomic E-state index is 0.810. The molecule has 0 aromatic carbocycles. The van der Waals surface area contributed by atoms with E-state index in [1.54, 1.807) is 0 Å². The van der Waals surface area contributed by atoms with Crippen molar-refractivity contribution in [1.29, 1.82) is 0 Å². The molecule has 0 aliphatic carbocycles. The van der Waals surface area contributed by atoms with E-state index in [1.807, 2.05) is 0 Å². The number of rotatable bonds is 0. The lowest BCUT2D eigenvalue weighted by atomic mass is 11.5. The molecule has 0 saturated carbocycles. The molecule has 5 nitrogen and oxygen atoms in total. The quantitative estimate of drug-likeness (QED) is 0.381. The van der Waals surface area contributed by atoms with Gasteiger partial charge in [0, 0.05) is 0 Å². The fourth-order valence-electron chi connectivity index (χ4n) is 0.115. The molecule has 0 unspecified atom stereocenters. The summed E-state index contributed by atoms with van der Waals surface area (Å²) in [6.07, 6.45) is 0. The Balaban J connectivity index is 3.41. The number of hydrogen-bond donors (Lipinski definition) is 0. The van der Waals surface area contributed by atoms with Crippen LogP contribution in [0, 0.1) is 0 Å². The molecule has 6 heavy (non-hydrogen) atoms. The molecule has 5 heteroatoms. The molecular weight excluding hydrogens is 88.0 g/mol. The van der Waals surface area contributed by atoms with Crippen LogP contribution in [0.4, 0.5) is 0 Å². The van der Waals surface area contributed by atoms with Gasteiger partial charge in [-0.1, -0.05) is 0 Å². The van der Waals surface area contributed by atoms with Crippen LogP contribution in [0.2, 0.25) is 0 Å². The van der Waals surface area contributed by atoms with Gasteiger partial charge in [0.1, 0.15) is 0 Å². The molecule has 0 atom stereocenters. The molecule has 1 rings (SSSR count). The first-order valence-electron chi connectivity index (χ1n) is 1.18. The molecule has 1 heterocycles. The van der Waals surface area contributed by atoms with E-state index in [1.165, 1.54) is 0 Å². The second kappa shape index (κ2) is 0.925. The van der Waals surface area contributed by atoms with Gasteiger partial charge in [-0.2, -0.15) is 4.58 Å². The molecule has 32 valence electrons. The third-order valence-electron chi connectivity index (χ3n) is 0.264. The normalized spacial score (nSPS) is 8.67. The Morgan fingerprint density at radius 1 is 1.67 bits per heavy atom. The molecule has 0 aliphatic heterocycles. The van der Waals surface area contributed by atoms with E-state index < -0.39 is 5.76 Å². The van der Waals surface area contributed by atoms with Gasteiger partial charge >= 0.3 is 5.76 Å². The van der Waals surface area contributed by atoms with Gasteiger partial charge in [0.25, 0.3) is 0 Å². The lowest BCUT2D eigenvalue weighted by molar-refractivity contribution is -0.00260. The highest BCUT2D eigenvalue weighted by atomic mass is 17.0. The van der Waals surface area contributed by atoms with E-state index in [0.29, 0.717) is 0 Å². The average molecular weight is 88.0 g/mol. The van der Waals surface area contributed by atoms with Gasteiger partial charge in [-0.25, -0.2) is 4.79 Å². The Morgan fingerprint density at radius 3 is 2.67 bits per heavy atom. The summed E-state index contributed by atoms with van der Waals surface area (Å²) in [5.41, 5.74) is 0. The largest absolute Gasteiger partial charge is 0.499 e. The van der Waals surface area contributed by atoms with Crippen molar-refractivity contribution in [2.75, 3.05) is 0 Å². The molecule has 0 spiro atoms. The Bertz CT molecular complexity index is 147. The highest BCUT2D eigenvalue weighted by Gasteiger charge is 1.81. The predicted molar refractivity (Wildman–Crippen MR) is 12.8 cm³/mol. The fraction of sp³-hybridized carbons (Fsp3) is 0. The summed E-state index contributed by atoms with van der Waals surface area (Å²) < 4.78 is 7.35. The molecular formula is CN2O3. The lowest BCUT2D eigenvalue weighted by Gasteiger charge is -1.43. The van der Waals surface area contributed by atoms with Crippen molar-refractivity contribution < 1.29 is 9.26 Å². The van der Waals surface area contributed by atoms with Crippen molar-refractivity contribution in [3.8, 4) is 0 Å². The highest BCUT2D eigenvalue weighted by Crippen LogP contribution is 1.53. The molecule has 0 saturated heterocycles. The van der Waals surface area contributed by atoms with Crippen LogP contribution in [0.5, 0.6) is 0 Å². The maximum absolute atomic E-state index is 9.64. The number of nitrogens with zero attached hydrogens (tertiary/aromatic N) is 2. The summed E-state index contributed by atoms with van der Waals surface area (Å²) in [4.78, 5) is 9.64. The second-order valence-electron chi connectivity index (χ2n) is 0.605. The summed E-state index contributed by atoms with van der Waals surface area (Å²) in [5.74, 6) is -0.810. The third kappa shape index (κ3) is 0.291. The SMILES string of the molecule is O=c1nnoo1. The summed E-state index contributed by atoms with van der Waals surface area (Å²) in [6.45, 7) is 0. The standard InChI is InChI=1S/CN2O3/c4-1-2-3-6-5-1. The second-order valence-corrected chi connectivity index (χ2v) is 0.605. The van der Waals surface area contributed by atoms with Crippen LogP contribution in [0.25, 0.3) is 0 Å². The molecule has 1 aromatic rings. The Labute approximate surface area is 31.5 Å². The van der Waals surface area contributed by atoms with Gasteiger partial charge in [-0.05, 0) is 5.10 Å². The molecule has 0 amide bonds. The van der Waals surface area contributed by atoms with E-state index in [9.17, 15) is 4.79 Å². The average Bonchev–Trinajstić information content (AvgIpc) is 1.86. The molecule has 0 bridgehead atoms. The van der Waals surface area contributed by atoms with E-state index in [-0.39, 0.29) is 0 Å². The maximum Gasteiger partial charge on any atom is 0.499 e. The van der Waals surface area contributed by atoms with Gasteiger partial charge in [-0.15, -0.1) is 4.68 Å². The highest BCUT2D eigenvalue weighted by molar-refractivity contribution is 4.24. The Kier molecular flexibility index (Phi) is 0.474. The molecule has 1 aromatic heterocycles. The third-order valence-corrected chi connectivity index (χ3v) is 0.264. The van der Waals surface area contributed by atoms with Gasteiger partial charge in [0.05, 0.1) is 5.27 Å². The predicted octanol–water partition coefficient (Wildman–Crippen LogP) is -0.977. The Hall–Kier alpha value is -1.13. The first-order valence-corrected chi connectivity index (χ1v) is 1.18. The van der Waals surface area contributed by atoms with Crippen LogP contribution in [0.15, 0.2) is 14.1 Å². The molecule has 0 fully saturated rings. The van der Waals surface area contributed by atoms with Crippen molar-refractivity contribution in [1.82, 2.24) is 10.4 Å². The van der Waals surface area contributed by atoms with Crippen molar-refractivity contribution in [3.05, 3.63) is 10.6 Å². The van der Waals surface area contributed by atoms with Gasteiger partial charge < -0.3 is 0 Å². The lowest BCUT2D eigenvalue weighted by Crippen LogP contribution is -1.93. The smallest absolute Gasteiger partial charge is 0.216 e. The molecule has 0 N–H and O–H groups in total. The first kappa shape index (κ1) is 3.08. The van der Waals surface area contributed by atoms with E-state index in [2.05, 4.69) is 19.6 Å². The zero-order chi connectivity index (χ0) is 4.41. The van der Waals surface area contributed by atoms with Crippen LogP contribution < -0.4 is 5.76 Å². The van der Waals surface area contributed by atoms with Crippen molar-refractivity contribution in [2.45, 2.75) is 0 Å². The van der Waals surface area contributed by atoms with E-state index in [4.69, 9.17) is 0 Å². The number of hydrogen-bond acceptors (Lipinski definition) is 5. The van der Waals surface area contributed by atoms with Crippen LogP contribution in [0.3, 0.4) is 0 Å².